The number of allylic oxidation sites excluding steroid dienone is 1. The van der Waals surface area contributed by atoms with Crippen molar-refractivity contribution in [2.45, 2.75) is 13.0 Å². The molecule has 1 aromatic heterocycles. The summed E-state index contributed by atoms with van der Waals surface area (Å²) < 4.78 is 7.90. The number of carbonyl (C=O) groups excluding carboxylic acids is 1. The van der Waals surface area contributed by atoms with E-state index in [1.54, 1.807) is 11.8 Å². The van der Waals surface area contributed by atoms with Gasteiger partial charge in [0.1, 0.15) is 11.8 Å². The fraction of sp³-hybridized carbons (Fsp3) is 0.150. The fourth-order valence-electron chi connectivity index (χ4n) is 3.34. The Morgan fingerprint density at radius 2 is 2.04 bits per heavy atom. The van der Waals surface area contributed by atoms with Crippen molar-refractivity contribution in [3.05, 3.63) is 69.8 Å². The third-order valence-electron chi connectivity index (χ3n) is 4.61. The zero-order valence-electron chi connectivity index (χ0n) is 15.3. The van der Waals surface area contributed by atoms with Crippen LogP contribution in [0.5, 0.6) is 5.75 Å². The van der Waals surface area contributed by atoms with Crippen LogP contribution >= 0.6 is 15.9 Å². The number of nitrogens with zero attached hydrogens (tertiary/aromatic N) is 3. The van der Waals surface area contributed by atoms with E-state index < -0.39 is 11.9 Å². The SMILES string of the molecule is COc1cccc(-c2nc3n(n2)C(c2cccc(Br)c2)C(C(N)=O)=C(C)N3)c1. The van der Waals surface area contributed by atoms with Gasteiger partial charge in [-0.3, -0.25) is 4.79 Å². The molecule has 8 heteroatoms. The van der Waals surface area contributed by atoms with Gasteiger partial charge in [-0.1, -0.05) is 40.2 Å². The highest BCUT2D eigenvalue weighted by atomic mass is 79.9. The molecule has 0 saturated carbocycles. The Morgan fingerprint density at radius 1 is 1.25 bits per heavy atom. The maximum atomic E-state index is 12.2. The van der Waals surface area contributed by atoms with Gasteiger partial charge in [0, 0.05) is 15.7 Å². The molecule has 0 spiro atoms. The maximum absolute atomic E-state index is 12.2. The number of methoxy groups -OCH3 is 1. The molecule has 0 fully saturated rings. The maximum Gasteiger partial charge on any atom is 0.248 e. The Labute approximate surface area is 170 Å². The average molecular weight is 440 g/mol. The summed E-state index contributed by atoms with van der Waals surface area (Å²) in [6.07, 6.45) is 0. The quantitative estimate of drug-likeness (QED) is 0.648. The third-order valence-corrected chi connectivity index (χ3v) is 5.10. The molecule has 2 aromatic carbocycles. The van der Waals surface area contributed by atoms with E-state index >= 15 is 0 Å². The number of nitrogens with two attached hydrogens (primary N) is 1. The van der Waals surface area contributed by atoms with E-state index in [2.05, 4.69) is 31.3 Å². The van der Waals surface area contributed by atoms with Gasteiger partial charge >= 0.3 is 0 Å². The second kappa shape index (κ2) is 7.12. The average Bonchev–Trinajstić information content (AvgIpc) is 3.10. The Balaban J connectivity index is 1.88. The topological polar surface area (TPSA) is 95.1 Å². The summed E-state index contributed by atoms with van der Waals surface area (Å²) in [6, 6.07) is 14.8. The number of primary amides is 1. The molecule has 3 aromatic rings. The summed E-state index contributed by atoms with van der Waals surface area (Å²) in [5.74, 6) is 1.29. The molecule has 2 heterocycles. The number of anilines is 1. The first-order valence-electron chi connectivity index (χ1n) is 8.62. The molecule has 1 amide bonds. The van der Waals surface area contributed by atoms with Crippen molar-refractivity contribution < 1.29 is 9.53 Å². The van der Waals surface area contributed by atoms with Gasteiger partial charge in [0.05, 0.1) is 12.7 Å². The highest BCUT2D eigenvalue weighted by Gasteiger charge is 2.33. The van der Waals surface area contributed by atoms with Crippen molar-refractivity contribution in [2.75, 3.05) is 12.4 Å². The van der Waals surface area contributed by atoms with Crippen molar-refractivity contribution in [3.8, 4) is 17.1 Å². The molecule has 3 N–H and O–H groups in total. The van der Waals surface area contributed by atoms with Crippen molar-refractivity contribution in [2.24, 2.45) is 5.73 Å². The summed E-state index contributed by atoms with van der Waals surface area (Å²) in [6.45, 7) is 1.81. The van der Waals surface area contributed by atoms with Crippen LogP contribution in [0.2, 0.25) is 0 Å². The fourth-order valence-corrected chi connectivity index (χ4v) is 3.76. The third kappa shape index (κ3) is 3.16. The predicted octanol–water partition coefficient (Wildman–Crippen LogP) is 3.49. The smallest absolute Gasteiger partial charge is 0.248 e. The second-order valence-corrected chi connectivity index (χ2v) is 7.34. The van der Waals surface area contributed by atoms with E-state index in [1.165, 1.54) is 0 Å². The van der Waals surface area contributed by atoms with Gasteiger partial charge in [0.2, 0.25) is 11.9 Å². The van der Waals surface area contributed by atoms with Gasteiger partial charge in [-0.15, -0.1) is 5.10 Å². The molecule has 4 rings (SSSR count). The minimum Gasteiger partial charge on any atom is -0.497 e. The number of nitrogens with one attached hydrogen (secondary N) is 1. The molecule has 1 unspecified atom stereocenters. The zero-order chi connectivity index (χ0) is 19.8. The molecule has 0 bridgehead atoms. The van der Waals surface area contributed by atoms with E-state index in [-0.39, 0.29) is 0 Å². The van der Waals surface area contributed by atoms with Gasteiger partial charge in [0.15, 0.2) is 5.82 Å². The highest BCUT2D eigenvalue weighted by molar-refractivity contribution is 9.10. The Hall–Kier alpha value is -3.13. The molecule has 142 valence electrons. The first-order chi connectivity index (χ1) is 13.5. The molecular formula is C20H18BrN5O2. The number of aromatic nitrogens is 3. The standard InChI is InChI=1S/C20H18BrN5O2/c1-11-16(18(22)27)17(12-5-3-7-14(21)9-12)26-20(23-11)24-19(25-26)13-6-4-8-15(10-13)28-2/h3-10,17H,1-2H3,(H2,22,27)(H,23,24,25). The lowest BCUT2D eigenvalue weighted by Crippen LogP contribution is -2.31. The Bertz CT molecular complexity index is 1110. The lowest BCUT2D eigenvalue weighted by molar-refractivity contribution is -0.115. The van der Waals surface area contributed by atoms with Gasteiger partial charge in [0.25, 0.3) is 0 Å². The Morgan fingerprint density at radius 3 is 2.75 bits per heavy atom. The summed E-state index contributed by atoms with van der Waals surface area (Å²) in [4.78, 5) is 16.9. The van der Waals surface area contributed by atoms with E-state index in [0.29, 0.717) is 28.8 Å². The van der Waals surface area contributed by atoms with Crippen molar-refractivity contribution >= 4 is 27.8 Å². The van der Waals surface area contributed by atoms with Crippen LogP contribution in [0.25, 0.3) is 11.4 Å². The largest absolute Gasteiger partial charge is 0.497 e. The van der Waals surface area contributed by atoms with E-state index in [0.717, 1.165) is 15.6 Å². The molecular weight excluding hydrogens is 422 g/mol. The van der Waals surface area contributed by atoms with Crippen LogP contribution < -0.4 is 15.8 Å². The number of rotatable bonds is 4. The first kappa shape index (κ1) is 18.2. The molecule has 28 heavy (non-hydrogen) atoms. The van der Waals surface area contributed by atoms with Crippen molar-refractivity contribution in [1.29, 1.82) is 0 Å². The van der Waals surface area contributed by atoms with E-state index in [1.807, 2.05) is 55.5 Å². The summed E-state index contributed by atoms with van der Waals surface area (Å²) >= 11 is 3.49. The number of hydrogen-bond donors (Lipinski definition) is 2. The van der Waals surface area contributed by atoms with Crippen LogP contribution in [-0.4, -0.2) is 27.8 Å². The number of benzene rings is 2. The summed E-state index contributed by atoms with van der Waals surface area (Å²) in [5, 5.41) is 7.83. The van der Waals surface area contributed by atoms with Crippen LogP contribution in [0.3, 0.4) is 0 Å². The van der Waals surface area contributed by atoms with Crippen LogP contribution in [0.1, 0.15) is 18.5 Å². The monoisotopic (exact) mass is 439 g/mol. The lowest BCUT2D eigenvalue weighted by atomic mass is 9.95. The predicted molar refractivity (Wildman–Crippen MR) is 110 cm³/mol. The van der Waals surface area contributed by atoms with E-state index in [4.69, 9.17) is 10.5 Å². The van der Waals surface area contributed by atoms with Crippen LogP contribution in [0.15, 0.2) is 64.3 Å². The van der Waals surface area contributed by atoms with Gasteiger partial charge in [-0.25, -0.2) is 4.68 Å². The number of carbonyl (C=O) groups is 1. The zero-order valence-corrected chi connectivity index (χ0v) is 16.9. The van der Waals surface area contributed by atoms with Gasteiger partial charge < -0.3 is 15.8 Å². The number of halogens is 1. The molecule has 1 atom stereocenters. The van der Waals surface area contributed by atoms with Crippen molar-refractivity contribution in [3.63, 3.8) is 0 Å². The van der Waals surface area contributed by atoms with Crippen LogP contribution in [-0.2, 0) is 4.79 Å². The molecule has 0 radical (unpaired) electrons. The normalized spacial score (nSPS) is 15.8. The summed E-state index contributed by atoms with van der Waals surface area (Å²) in [5.41, 5.74) is 8.52. The molecule has 0 saturated heterocycles. The number of hydrogen-bond acceptors (Lipinski definition) is 5. The lowest BCUT2D eigenvalue weighted by Gasteiger charge is -2.27. The summed E-state index contributed by atoms with van der Waals surface area (Å²) in [7, 11) is 1.61. The number of ether oxygens (including phenoxy) is 1. The van der Waals surface area contributed by atoms with Gasteiger partial charge in [-0.05, 0) is 36.8 Å². The Kier molecular flexibility index (Phi) is 4.64. The molecule has 1 aliphatic rings. The van der Waals surface area contributed by atoms with Crippen LogP contribution in [0, 0.1) is 0 Å². The minimum atomic E-state index is -0.501. The van der Waals surface area contributed by atoms with Crippen LogP contribution in [0.4, 0.5) is 5.95 Å². The second-order valence-electron chi connectivity index (χ2n) is 6.42. The highest BCUT2D eigenvalue weighted by Crippen LogP contribution is 2.37. The minimum absolute atomic E-state index is 0.452. The molecule has 1 aliphatic heterocycles. The van der Waals surface area contributed by atoms with Crippen molar-refractivity contribution in [1.82, 2.24) is 14.8 Å². The van der Waals surface area contributed by atoms with E-state index in [9.17, 15) is 4.79 Å². The number of fused-ring (bicyclic) bond motifs is 1. The van der Waals surface area contributed by atoms with Gasteiger partial charge in [-0.2, -0.15) is 4.98 Å². The molecule has 0 aliphatic carbocycles. The number of amides is 1. The molecule has 7 nitrogen and oxygen atoms in total. The first-order valence-corrected chi connectivity index (χ1v) is 9.41.